The number of aryl methyl sites for hydroxylation is 1. The monoisotopic (exact) mass is 257 g/mol. The summed E-state index contributed by atoms with van der Waals surface area (Å²) >= 11 is 0. The van der Waals surface area contributed by atoms with E-state index in [1.807, 2.05) is 23.1 Å². The standard InChI is InChI=1S/C14H19N5/c1-3-19-14(6-7-17-19)12-10-15-11(9-16-12)13-5-4-8-18(13)2/h6-7,9-10,13H,3-5,8H2,1-2H3. The van der Waals surface area contributed by atoms with Crippen molar-refractivity contribution in [1.29, 1.82) is 0 Å². The molecule has 0 spiro atoms. The number of hydrogen-bond acceptors (Lipinski definition) is 4. The molecule has 3 rings (SSSR count). The predicted octanol–water partition coefficient (Wildman–Crippen LogP) is 2.13. The molecule has 0 N–H and O–H groups in total. The summed E-state index contributed by atoms with van der Waals surface area (Å²) in [5.41, 5.74) is 3.00. The minimum atomic E-state index is 0.428. The molecule has 1 fully saturated rings. The Kier molecular flexibility index (Phi) is 3.29. The average Bonchev–Trinajstić information content (AvgIpc) is 3.07. The molecule has 1 saturated heterocycles. The highest BCUT2D eigenvalue weighted by molar-refractivity contribution is 5.52. The van der Waals surface area contributed by atoms with Crippen LogP contribution in [0.1, 0.15) is 31.5 Å². The first kappa shape index (κ1) is 12.3. The van der Waals surface area contributed by atoms with E-state index >= 15 is 0 Å². The first-order valence-corrected chi connectivity index (χ1v) is 6.84. The Morgan fingerprint density at radius 2 is 2.21 bits per heavy atom. The fourth-order valence-corrected chi connectivity index (χ4v) is 2.73. The van der Waals surface area contributed by atoms with Crippen molar-refractivity contribution in [3.8, 4) is 11.4 Å². The van der Waals surface area contributed by atoms with Crippen LogP contribution in [0.25, 0.3) is 11.4 Å². The lowest BCUT2D eigenvalue weighted by atomic mass is 10.1. The molecule has 1 aliphatic heterocycles. The van der Waals surface area contributed by atoms with E-state index in [9.17, 15) is 0 Å². The topological polar surface area (TPSA) is 46.8 Å². The largest absolute Gasteiger partial charge is 0.298 e. The van der Waals surface area contributed by atoms with Gasteiger partial charge in [0.1, 0.15) is 5.69 Å². The van der Waals surface area contributed by atoms with E-state index in [4.69, 9.17) is 0 Å². The van der Waals surface area contributed by atoms with Crippen molar-refractivity contribution >= 4 is 0 Å². The van der Waals surface area contributed by atoms with Crippen molar-refractivity contribution in [3.63, 3.8) is 0 Å². The maximum Gasteiger partial charge on any atom is 0.107 e. The molecule has 2 aromatic rings. The molecule has 5 nitrogen and oxygen atoms in total. The normalized spacial score (nSPS) is 20.0. The molecule has 1 aliphatic rings. The third kappa shape index (κ3) is 2.26. The zero-order valence-corrected chi connectivity index (χ0v) is 11.5. The van der Waals surface area contributed by atoms with Gasteiger partial charge in [-0.25, -0.2) is 0 Å². The van der Waals surface area contributed by atoms with Gasteiger partial charge in [-0.05, 0) is 39.4 Å². The maximum absolute atomic E-state index is 4.60. The van der Waals surface area contributed by atoms with Crippen LogP contribution in [0, 0.1) is 0 Å². The molecule has 3 heterocycles. The molecule has 0 amide bonds. The zero-order chi connectivity index (χ0) is 13.2. The van der Waals surface area contributed by atoms with E-state index in [-0.39, 0.29) is 0 Å². The second-order valence-corrected chi connectivity index (χ2v) is 5.00. The lowest BCUT2D eigenvalue weighted by Crippen LogP contribution is -2.18. The van der Waals surface area contributed by atoms with E-state index in [1.54, 1.807) is 6.20 Å². The molecule has 0 aliphatic carbocycles. The molecule has 2 aromatic heterocycles. The molecule has 1 unspecified atom stereocenters. The van der Waals surface area contributed by atoms with Gasteiger partial charge in [-0.3, -0.25) is 19.5 Å². The number of hydrogen-bond donors (Lipinski definition) is 0. The van der Waals surface area contributed by atoms with E-state index < -0.39 is 0 Å². The van der Waals surface area contributed by atoms with E-state index in [2.05, 4.69) is 33.9 Å². The van der Waals surface area contributed by atoms with Gasteiger partial charge in [-0.1, -0.05) is 0 Å². The molecule has 1 atom stereocenters. The quantitative estimate of drug-likeness (QED) is 0.845. The van der Waals surface area contributed by atoms with Crippen molar-refractivity contribution in [2.75, 3.05) is 13.6 Å². The van der Waals surface area contributed by atoms with Crippen molar-refractivity contribution in [2.24, 2.45) is 0 Å². The fourth-order valence-electron chi connectivity index (χ4n) is 2.73. The Hall–Kier alpha value is -1.75. The van der Waals surface area contributed by atoms with Crippen LogP contribution in [0.15, 0.2) is 24.7 Å². The zero-order valence-electron chi connectivity index (χ0n) is 11.5. The molecule has 5 heteroatoms. The van der Waals surface area contributed by atoms with Crippen LogP contribution in [0.5, 0.6) is 0 Å². The van der Waals surface area contributed by atoms with Crippen molar-refractivity contribution in [1.82, 2.24) is 24.6 Å². The summed E-state index contributed by atoms with van der Waals surface area (Å²) in [6, 6.07) is 2.41. The van der Waals surface area contributed by atoms with Crippen LogP contribution in [0.4, 0.5) is 0 Å². The number of aromatic nitrogens is 4. The summed E-state index contributed by atoms with van der Waals surface area (Å²) in [7, 11) is 2.15. The van der Waals surface area contributed by atoms with E-state index in [0.29, 0.717) is 6.04 Å². The third-order valence-corrected chi connectivity index (χ3v) is 3.81. The lowest BCUT2D eigenvalue weighted by Gasteiger charge is -2.18. The second-order valence-electron chi connectivity index (χ2n) is 5.00. The molecule has 0 bridgehead atoms. The molecule has 100 valence electrons. The van der Waals surface area contributed by atoms with Crippen LogP contribution in [0.2, 0.25) is 0 Å². The third-order valence-electron chi connectivity index (χ3n) is 3.81. The summed E-state index contributed by atoms with van der Waals surface area (Å²) in [4.78, 5) is 11.5. The highest BCUT2D eigenvalue weighted by Gasteiger charge is 2.24. The highest BCUT2D eigenvalue weighted by Crippen LogP contribution is 2.29. The fraction of sp³-hybridized carbons (Fsp3) is 0.500. The second kappa shape index (κ2) is 5.09. The van der Waals surface area contributed by atoms with E-state index in [1.165, 1.54) is 12.8 Å². The molecular formula is C14H19N5. The van der Waals surface area contributed by atoms with E-state index in [0.717, 1.165) is 30.2 Å². The van der Waals surface area contributed by atoms with Gasteiger partial charge < -0.3 is 0 Å². The summed E-state index contributed by atoms with van der Waals surface area (Å²) in [5.74, 6) is 0. The van der Waals surface area contributed by atoms with Gasteiger partial charge in [0.2, 0.25) is 0 Å². The SMILES string of the molecule is CCn1nccc1-c1cnc(C2CCCN2C)cn1. The van der Waals surface area contributed by atoms with Crippen molar-refractivity contribution < 1.29 is 0 Å². The number of rotatable bonds is 3. The Labute approximate surface area is 113 Å². The summed E-state index contributed by atoms with van der Waals surface area (Å²) in [5, 5.41) is 4.26. The van der Waals surface area contributed by atoms with Gasteiger partial charge in [0.05, 0.1) is 29.8 Å². The molecular weight excluding hydrogens is 238 g/mol. The van der Waals surface area contributed by atoms with Gasteiger partial charge in [0.25, 0.3) is 0 Å². The highest BCUT2D eigenvalue weighted by atomic mass is 15.3. The van der Waals surface area contributed by atoms with Crippen LogP contribution in [-0.2, 0) is 6.54 Å². The first-order valence-electron chi connectivity index (χ1n) is 6.84. The minimum absolute atomic E-state index is 0.428. The number of nitrogens with zero attached hydrogens (tertiary/aromatic N) is 5. The Morgan fingerprint density at radius 1 is 1.32 bits per heavy atom. The van der Waals surface area contributed by atoms with Gasteiger partial charge in [0.15, 0.2) is 0 Å². The summed E-state index contributed by atoms with van der Waals surface area (Å²) in [6.45, 7) is 4.07. The first-order chi connectivity index (χ1) is 9.29. The van der Waals surface area contributed by atoms with Gasteiger partial charge >= 0.3 is 0 Å². The van der Waals surface area contributed by atoms with Gasteiger partial charge in [-0.15, -0.1) is 0 Å². The van der Waals surface area contributed by atoms with Crippen LogP contribution in [-0.4, -0.2) is 38.2 Å². The van der Waals surface area contributed by atoms with Crippen LogP contribution >= 0.6 is 0 Å². The Balaban J connectivity index is 1.86. The van der Waals surface area contributed by atoms with Crippen LogP contribution in [0.3, 0.4) is 0 Å². The molecule has 0 aromatic carbocycles. The minimum Gasteiger partial charge on any atom is -0.298 e. The predicted molar refractivity (Wildman–Crippen MR) is 73.5 cm³/mol. The molecule has 0 radical (unpaired) electrons. The Morgan fingerprint density at radius 3 is 2.84 bits per heavy atom. The average molecular weight is 257 g/mol. The smallest absolute Gasteiger partial charge is 0.107 e. The van der Waals surface area contributed by atoms with Crippen molar-refractivity contribution in [2.45, 2.75) is 32.4 Å². The summed E-state index contributed by atoms with van der Waals surface area (Å²) < 4.78 is 1.94. The molecule has 19 heavy (non-hydrogen) atoms. The Bertz CT molecular complexity index is 545. The number of likely N-dealkylation sites (tertiary alicyclic amines) is 1. The molecule has 0 saturated carbocycles. The van der Waals surface area contributed by atoms with Gasteiger partial charge in [-0.2, -0.15) is 5.10 Å². The maximum atomic E-state index is 4.60. The lowest BCUT2D eigenvalue weighted by molar-refractivity contribution is 0.311. The van der Waals surface area contributed by atoms with Crippen molar-refractivity contribution in [3.05, 3.63) is 30.4 Å². The van der Waals surface area contributed by atoms with Gasteiger partial charge in [0, 0.05) is 12.7 Å². The summed E-state index contributed by atoms with van der Waals surface area (Å²) in [6.07, 6.45) is 8.00. The van der Waals surface area contributed by atoms with Crippen LogP contribution < -0.4 is 0 Å².